The van der Waals surface area contributed by atoms with Crippen molar-refractivity contribution in [2.45, 2.75) is 27.7 Å². The summed E-state index contributed by atoms with van der Waals surface area (Å²) in [6, 6.07) is 30.7. The van der Waals surface area contributed by atoms with E-state index in [4.69, 9.17) is 0 Å². The van der Waals surface area contributed by atoms with Crippen molar-refractivity contribution in [2.75, 3.05) is 0 Å². The Morgan fingerprint density at radius 1 is 0.406 bits per heavy atom. The molecule has 0 saturated carbocycles. The first-order chi connectivity index (χ1) is 15.5. The van der Waals surface area contributed by atoms with Crippen molar-refractivity contribution in [3.63, 3.8) is 0 Å². The molecule has 0 heterocycles. The SMILES string of the molecule is Cc1ccc(C)c(C=Cc2ccc(-c3ccc(C=Cc4cc(C)ccc4C)cc3)cc2)c1. The monoisotopic (exact) mass is 414 g/mol. The molecule has 4 aromatic rings. The Labute approximate surface area is 192 Å². The minimum Gasteiger partial charge on any atom is -0.0590 e. The molecule has 4 rings (SSSR count). The van der Waals surface area contributed by atoms with E-state index < -0.39 is 0 Å². The summed E-state index contributed by atoms with van der Waals surface area (Å²) in [5.41, 5.74) is 12.6. The summed E-state index contributed by atoms with van der Waals surface area (Å²) in [6.07, 6.45) is 8.78. The fourth-order valence-corrected chi connectivity index (χ4v) is 3.82. The third-order valence-electron chi connectivity index (χ3n) is 5.93. The fraction of sp³-hybridized carbons (Fsp3) is 0.125. The normalized spacial score (nSPS) is 11.5. The maximum Gasteiger partial charge on any atom is -0.0184 e. The molecule has 0 heteroatoms. The largest absolute Gasteiger partial charge is 0.0590 e. The van der Waals surface area contributed by atoms with E-state index in [0.29, 0.717) is 0 Å². The Balaban J connectivity index is 1.46. The van der Waals surface area contributed by atoms with E-state index >= 15 is 0 Å². The molecule has 0 saturated heterocycles. The molecule has 0 aliphatic carbocycles. The van der Waals surface area contributed by atoms with E-state index in [9.17, 15) is 0 Å². The zero-order valence-corrected chi connectivity index (χ0v) is 19.4. The van der Waals surface area contributed by atoms with Gasteiger partial charge in [-0.2, -0.15) is 0 Å². The summed E-state index contributed by atoms with van der Waals surface area (Å²) in [5, 5.41) is 0. The van der Waals surface area contributed by atoms with Crippen LogP contribution in [0.4, 0.5) is 0 Å². The van der Waals surface area contributed by atoms with Gasteiger partial charge in [-0.3, -0.25) is 0 Å². The van der Waals surface area contributed by atoms with Crippen LogP contribution in [0.25, 0.3) is 35.4 Å². The smallest absolute Gasteiger partial charge is 0.0184 e. The molecule has 0 radical (unpaired) electrons. The van der Waals surface area contributed by atoms with Gasteiger partial charge in [0.2, 0.25) is 0 Å². The highest BCUT2D eigenvalue weighted by Crippen LogP contribution is 2.23. The van der Waals surface area contributed by atoms with Gasteiger partial charge in [-0.25, -0.2) is 0 Å². The molecule has 4 aromatic carbocycles. The molecule has 158 valence electrons. The van der Waals surface area contributed by atoms with Crippen molar-refractivity contribution in [1.82, 2.24) is 0 Å². The number of hydrogen-bond acceptors (Lipinski definition) is 0. The van der Waals surface area contributed by atoms with Gasteiger partial charge in [0.05, 0.1) is 0 Å². The standard InChI is InChI=1S/C32H30/c1-23-5-7-25(3)31(21-23)19-13-27-9-15-29(16-10-27)30-17-11-28(12-18-30)14-20-32-22-24(2)6-8-26(32)4/h5-22H,1-4H3. The van der Waals surface area contributed by atoms with Gasteiger partial charge < -0.3 is 0 Å². The number of hydrogen-bond donors (Lipinski definition) is 0. The summed E-state index contributed by atoms with van der Waals surface area (Å²) in [7, 11) is 0. The highest BCUT2D eigenvalue weighted by Gasteiger charge is 1.99. The lowest BCUT2D eigenvalue weighted by molar-refractivity contribution is 1.38. The van der Waals surface area contributed by atoms with Crippen molar-refractivity contribution >= 4 is 24.3 Å². The first-order valence-corrected chi connectivity index (χ1v) is 11.2. The molecular weight excluding hydrogens is 384 g/mol. The van der Waals surface area contributed by atoms with Gasteiger partial charge in [-0.05, 0) is 72.2 Å². The minimum atomic E-state index is 1.21. The van der Waals surface area contributed by atoms with E-state index in [1.807, 2.05) is 0 Å². The quantitative estimate of drug-likeness (QED) is 0.286. The highest BCUT2D eigenvalue weighted by molar-refractivity contribution is 5.75. The van der Waals surface area contributed by atoms with Crippen LogP contribution in [0.2, 0.25) is 0 Å². The topological polar surface area (TPSA) is 0 Å². The van der Waals surface area contributed by atoms with Gasteiger partial charge in [-0.15, -0.1) is 0 Å². The van der Waals surface area contributed by atoms with Crippen LogP contribution in [0, 0.1) is 27.7 Å². The summed E-state index contributed by atoms with van der Waals surface area (Å²) in [5.74, 6) is 0. The molecule has 0 bridgehead atoms. The van der Waals surface area contributed by atoms with E-state index in [2.05, 4.69) is 137 Å². The second-order valence-electron chi connectivity index (χ2n) is 8.63. The zero-order valence-electron chi connectivity index (χ0n) is 19.4. The lowest BCUT2D eigenvalue weighted by atomic mass is 10.0. The highest BCUT2D eigenvalue weighted by atomic mass is 14.0. The first-order valence-electron chi connectivity index (χ1n) is 11.2. The van der Waals surface area contributed by atoms with Crippen LogP contribution in [0.1, 0.15) is 44.5 Å². The van der Waals surface area contributed by atoms with Gasteiger partial charge in [0, 0.05) is 0 Å². The number of aryl methyl sites for hydroxylation is 4. The van der Waals surface area contributed by atoms with Crippen molar-refractivity contribution in [2.24, 2.45) is 0 Å². The second kappa shape index (κ2) is 9.66. The van der Waals surface area contributed by atoms with Crippen molar-refractivity contribution in [3.8, 4) is 11.1 Å². The average molecular weight is 415 g/mol. The summed E-state index contributed by atoms with van der Waals surface area (Å²) in [6.45, 7) is 8.58. The van der Waals surface area contributed by atoms with Gasteiger partial charge in [-0.1, -0.05) is 120 Å². The van der Waals surface area contributed by atoms with E-state index in [0.717, 1.165) is 0 Å². The first kappa shape index (κ1) is 21.6. The molecule has 0 N–H and O–H groups in total. The number of rotatable bonds is 5. The van der Waals surface area contributed by atoms with Gasteiger partial charge in [0.15, 0.2) is 0 Å². The minimum absolute atomic E-state index is 1.21. The van der Waals surface area contributed by atoms with Crippen LogP contribution in [0.5, 0.6) is 0 Å². The third-order valence-corrected chi connectivity index (χ3v) is 5.93. The molecule has 0 aliphatic heterocycles. The Morgan fingerprint density at radius 2 is 0.781 bits per heavy atom. The Morgan fingerprint density at radius 3 is 1.16 bits per heavy atom. The van der Waals surface area contributed by atoms with Crippen LogP contribution in [0.3, 0.4) is 0 Å². The molecule has 0 unspecified atom stereocenters. The average Bonchev–Trinajstić information content (AvgIpc) is 2.81. The summed E-state index contributed by atoms with van der Waals surface area (Å²) < 4.78 is 0. The molecule has 0 aromatic heterocycles. The Bertz CT molecular complexity index is 1160. The lowest BCUT2D eigenvalue weighted by Gasteiger charge is -2.05. The fourth-order valence-electron chi connectivity index (χ4n) is 3.82. The van der Waals surface area contributed by atoms with Crippen molar-refractivity contribution in [3.05, 3.63) is 129 Å². The molecule has 0 aliphatic rings. The van der Waals surface area contributed by atoms with Crippen LogP contribution >= 0.6 is 0 Å². The maximum atomic E-state index is 2.23. The molecule has 0 spiro atoms. The molecule has 0 atom stereocenters. The number of benzene rings is 4. The second-order valence-corrected chi connectivity index (χ2v) is 8.63. The van der Waals surface area contributed by atoms with Gasteiger partial charge >= 0.3 is 0 Å². The van der Waals surface area contributed by atoms with Crippen LogP contribution < -0.4 is 0 Å². The lowest BCUT2D eigenvalue weighted by Crippen LogP contribution is -1.83. The summed E-state index contributed by atoms with van der Waals surface area (Å²) >= 11 is 0. The van der Waals surface area contributed by atoms with Crippen LogP contribution in [-0.4, -0.2) is 0 Å². The Hall–Kier alpha value is -3.64. The van der Waals surface area contributed by atoms with Crippen molar-refractivity contribution < 1.29 is 0 Å². The molecule has 32 heavy (non-hydrogen) atoms. The van der Waals surface area contributed by atoms with Gasteiger partial charge in [0.1, 0.15) is 0 Å². The van der Waals surface area contributed by atoms with E-state index in [1.54, 1.807) is 0 Å². The maximum absolute atomic E-state index is 2.23. The predicted molar refractivity (Wildman–Crippen MR) is 142 cm³/mol. The van der Waals surface area contributed by atoms with Crippen molar-refractivity contribution in [1.29, 1.82) is 0 Å². The third kappa shape index (κ3) is 5.34. The predicted octanol–water partition coefficient (Wildman–Crippen LogP) is 8.93. The Kier molecular flexibility index (Phi) is 6.52. The van der Waals surface area contributed by atoms with Crippen LogP contribution in [0.15, 0.2) is 84.9 Å². The molecule has 0 fully saturated rings. The van der Waals surface area contributed by atoms with Crippen LogP contribution in [-0.2, 0) is 0 Å². The zero-order chi connectivity index (χ0) is 22.5. The molecule has 0 amide bonds. The molecular formula is C32H30. The van der Waals surface area contributed by atoms with E-state index in [-0.39, 0.29) is 0 Å². The summed E-state index contributed by atoms with van der Waals surface area (Å²) in [4.78, 5) is 0. The van der Waals surface area contributed by atoms with E-state index in [1.165, 1.54) is 55.6 Å². The van der Waals surface area contributed by atoms with Gasteiger partial charge in [0.25, 0.3) is 0 Å². The molecule has 0 nitrogen and oxygen atoms in total.